The van der Waals surface area contributed by atoms with Crippen molar-refractivity contribution in [3.63, 3.8) is 0 Å². The molecule has 1 saturated heterocycles. The van der Waals surface area contributed by atoms with Gasteiger partial charge in [-0.3, -0.25) is 0 Å². The number of thiophene rings is 1. The van der Waals surface area contributed by atoms with Gasteiger partial charge in [-0.15, -0.1) is 21.5 Å². The minimum absolute atomic E-state index is 0.221. The molecule has 0 N–H and O–H groups in total. The maximum absolute atomic E-state index is 5.31. The van der Waals surface area contributed by atoms with Crippen LogP contribution in [0.15, 0.2) is 36.7 Å². The van der Waals surface area contributed by atoms with Crippen molar-refractivity contribution >= 4 is 27.4 Å². The molecule has 7 nitrogen and oxygen atoms in total. The number of aromatic nitrogens is 5. The number of ether oxygens (including phenoxy) is 1. The number of aryl methyl sites for hydroxylation is 1. The third-order valence-electron chi connectivity index (χ3n) is 6.63. The summed E-state index contributed by atoms with van der Waals surface area (Å²) in [7, 11) is 1.69. The first kappa shape index (κ1) is 19.7. The Labute approximate surface area is 191 Å². The number of hydrogen-bond acceptors (Lipinski definition) is 7. The molecule has 0 spiro atoms. The van der Waals surface area contributed by atoms with Crippen LogP contribution in [0.25, 0.3) is 20.7 Å². The summed E-state index contributed by atoms with van der Waals surface area (Å²) in [6.45, 7) is 2.01. The lowest BCUT2D eigenvalue weighted by atomic mass is 10.2. The number of nitrogens with zero attached hydrogens (tertiary/aromatic N) is 6. The van der Waals surface area contributed by atoms with Crippen molar-refractivity contribution in [2.24, 2.45) is 0 Å². The van der Waals surface area contributed by atoms with E-state index in [0.29, 0.717) is 0 Å². The summed E-state index contributed by atoms with van der Waals surface area (Å²) < 4.78 is 8.83. The van der Waals surface area contributed by atoms with Crippen molar-refractivity contribution in [2.75, 3.05) is 18.6 Å². The molecule has 6 rings (SSSR count). The van der Waals surface area contributed by atoms with E-state index < -0.39 is 0 Å². The molecular formula is C24H26N6OS. The smallest absolute Gasteiger partial charge is 0.155 e. The van der Waals surface area contributed by atoms with Crippen LogP contribution in [0.4, 0.5) is 5.82 Å². The summed E-state index contributed by atoms with van der Waals surface area (Å²) in [4.78, 5) is 13.0. The first-order valence-electron chi connectivity index (χ1n) is 11.4. The lowest BCUT2D eigenvalue weighted by molar-refractivity contribution is 0.415. The van der Waals surface area contributed by atoms with E-state index >= 15 is 0 Å². The number of hydrogen-bond donors (Lipinski definition) is 0. The van der Waals surface area contributed by atoms with Gasteiger partial charge < -0.3 is 14.2 Å². The van der Waals surface area contributed by atoms with Gasteiger partial charge in [0.2, 0.25) is 0 Å². The van der Waals surface area contributed by atoms with E-state index in [0.717, 1.165) is 65.8 Å². The summed E-state index contributed by atoms with van der Waals surface area (Å²) in [5.74, 6) is 4.14. The van der Waals surface area contributed by atoms with Crippen molar-refractivity contribution < 1.29 is 4.74 Å². The number of rotatable bonds is 4. The fourth-order valence-electron chi connectivity index (χ4n) is 4.99. The van der Waals surface area contributed by atoms with Crippen LogP contribution < -0.4 is 9.64 Å². The molecular weight excluding hydrogens is 420 g/mol. The first-order chi connectivity index (χ1) is 15.8. The van der Waals surface area contributed by atoms with E-state index in [-0.39, 0.29) is 6.04 Å². The minimum Gasteiger partial charge on any atom is -0.497 e. The Morgan fingerprint density at radius 2 is 1.91 bits per heavy atom. The fourth-order valence-corrected chi connectivity index (χ4v) is 6.11. The predicted octanol–water partition coefficient (Wildman–Crippen LogP) is 5.03. The SMILES string of the molecule is COc1ccc(-c2cc3ncnc(N4CCC[C@@H]4c4nnc5n4CCCCC5)c3s2)cc1. The first-order valence-corrected chi connectivity index (χ1v) is 12.2. The van der Waals surface area contributed by atoms with Gasteiger partial charge in [-0.2, -0.15) is 0 Å². The Balaban J connectivity index is 1.38. The van der Waals surface area contributed by atoms with Gasteiger partial charge in [0.25, 0.3) is 0 Å². The van der Waals surface area contributed by atoms with Crippen LogP contribution in [-0.4, -0.2) is 38.4 Å². The van der Waals surface area contributed by atoms with Gasteiger partial charge in [0.15, 0.2) is 11.6 Å². The molecule has 1 fully saturated rings. The summed E-state index contributed by atoms with van der Waals surface area (Å²) in [6, 6.07) is 10.6. The maximum atomic E-state index is 5.31. The lowest BCUT2D eigenvalue weighted by Gasteiger charge is -2.25. The number of anilines is 1. The van der Waals surface area contributed by atoms with Gasteiger partial charge >= 0.3 is 0 Å². The zero-order valence-electron chi connectivity index (χ0n) is 18.2. The Kier molecular flexibility index (Phi) is 5.02. The summed E-state index contributed by atoms with van der Waals surface area (Å²) in [5, 5.41) is 9.22. The quantitative estimate of drug-likeness (QED) is 0.438. The van der Waals surface area contributed by atoms with E-state index in [4.69, 9.17) is 9.72 Å². The average molecular weight is 447 g/mol. The highest BCUT2D eigenvalue weighted by Crippen LogP contribution is 2.42. The van der Waals surface area contributed by atoms with Gasteiger partial charge in [0.05, 0.1) is 23.4 Å². The molecule has 5 heterocycles. The third-order valence-corrected chi connectivity index (χ3v) is 7.80. The second-order valence-electron chi connectivity index (χ2n) is 8.54. The van der Waals surface area contributed by atoms with Crippen LogP contribution in [0, 0.1) is 0 Å². The van der Waals surface area contributed by atoms with Crippen molar-refractivity contribution in [3.8, 4) is 16.2 Å². The van der Waals surface area contributed by atoms with Crippen molar-refractivity contribution in [3.05, 3.63) is 48.3 Å². The van der Waals surface area contributed by atoms with E-state index in [2.05, 4.69) is 42.8 Å². The van der Waals surface area contributed by atoms with Crippen LogP contribution >= 0.6 is 11.3 Å². The van der Waals surface area contributed by atoms with Gasteiger partial charge in [-0.25, -0.2) is 9.97 Å². The molecule has 32 heavy (non-hydrogen) atoms. The second kappa shape index (κ2) is 8.16. The lowest BCUT2D eigenvalue weighted by Crippen LogP contribution is -2.26. The largest absolute Gasteiger partial charge is 0.497 e. The van der Waals surface area contributed by atoms with Crippen LogP contribution in [0.3, 0.4) is 0 Å². The molecule has 3 aromatic heterocycles. The Hall–Kier alpha value is -3.00. The van der Waals surface area contributed by atoms with E-state index in [9.17, 15) is 0 Å². The van der Waals surface area contributed by atoms with Gasteiger partial charge in [0.1, 0.15) is 17.9 Å². The highest BCUT2D eigenvalue weighted by Gasteiger charge is 2.33. The Morgan fingerprint density at radius 3 is 2.78 bits per heavy atom. The van der Waals surface area contributed by atoms with Crippen molar-refractivity contribution in [1.29, 1.82) is 0 Å². The molecule has 0 unspecified atom stereocenters. The highest BCUT2D eigenvalue weighted by atomic mass is 32.1. The number of benzene rings is 1. The highest BCUT2D eigenvalue weighted by molar-refractivity contribution is 7.22. The molecule has 0 saturated carbocycles. The maximum Gasteiger partial charge on any atom is 0.155 e. The minimum atomic E-state index is 0.221. The molecule has 0 aliphatic carbocycles. The molecule has 4 aromatic rings. The average Bonchev–Trinajstić information content (AvgIpc) is 3.53. The molecule has 164 valence electrons. The Bertz CT molecular complexity index is 1250. The number of fused-ring (bicyclic) bond motifs is 2. The van der Waals surface area contributed by atoms with Crippen molar-refractivity contribution in [2.45, 2.75) is 51.1 Å². The van der Waals surface area contributed by atoms with Gasteiger partial charge in [-0.05, 0) is 61.6 Å². The summed E-state index contributed by atoms with van der Waals surface area (Å²) in [5.41, 5.74) is 2.16. The predicted molar refractivity (Wildman–Crippen MR) is 126 cm³/mol. The zero-order chi connectivity index (χ0) is 21.5. The van der Waals surface area contributed by atoms with Crippen LogP contribution in [0.2, 0.25) is 0 Å². The zero-order valence-corrected chi connectivity index (χ0v) is 19.0. The standard InChI is InChI=1S/C24H26N6OS/c1-31-17-10-8-16(9-11-17)20-14-18-22(32-20)24(26-15-25-18)29-13-5-6-19(29)23-28-27-21-7-3-2-4-12-30(21)23/h8-11,14-15,19H,2-7,12-13H2,1H3/t19-/m1/s1. The Morgan fingerprint density at radius 1 is 1.00 bits per heavy atom. The summed E-state index contributed by atoms with van der Waals surface area (Å²) in [6.07, 6.45) is 8.64. The fraction of sp³-hybridized carbons (Fsp3) is 0.417. The molecule has 1 atom stereocenters. The van der Waals surface area contributed by atoms with Crippen LogP contribution in [0.5, 0.6) is 5.75 Å². The third kappa shape index (κ3) is 3.33. The molecule has 1 aromatic carbocycles. The summed E-state index contributed by atoms with van der Waals surface area (Å²) >= 11 is 1.76. The van der Waals surface area contributed by atoms with E-state index in [1.165, 1.54) is 29.7 Å². The normalized spacial score (nSPS) is 18.7. The molecule has 0 amide bonds. The van der Waals surface area contributed by atoms with E-state index in [1.54, 1.807) is 24.8 Å². The monoisotopic (exact) mass is 446 g/mol. The van der Waals surface area contributed by atoms with Crippen LogP contribution in [-0.2, 0) is 13.0 Å². The van der Waals surface area contributed by atoms with Crippen LogP contribution in [0.1, 0.15) is 49.8 Å². The van der Waals surface area contributed by atoms with Gasteiger partial charge in [0, 0.05) is 24.4 Å². The topological polar surface area (TPSA) is 69.0 Å². The molecule has 8 heteroatoms. The molecule has 2 aliphatic heterocycles. The molecule has 0 radical (unpaired) electrons. The second-order valence-corrected chi connectivity index (χ2v) is 9.59. The molecule has 2 aliphatic rings. The van der Waals surface area contributed by atoms with Crippen molar-refractivity contribution in [1.82, 2.24) is 24.7 Å². The van der Waals surface area contributed by atoms with Gasteiger partial charge in [-0.1, -0.05) is 6.42 Å². The molecule has 0 bridgehead atoms. The van der Waals surface area contributed by atoms with E-state index in [1.807, 2.05) is 12.1 Å². The number of methoxy groups -OCH3 is 1.